The first kappa shape index (κ1) is 11.5. The van der Waals surface area contributed by atoms with Crippen molar-refractivity contribution >= 4 is 17.4 Å². The molecule has 0 aliphatic rings. The summed E-state index contributed by atoms with van der Waals surface area (Å²) in [5, 5.41) is 15.2. The Morgan fingerprint density at radius 1 is 1.44 bits per heavy atom. The summed E-state index contributed by atoms with van der Waals surface area (Å²) in [5.74, 6) is 2.25. The van der Waals surface area contributed by atoms with Crippen LogP contribution in [0.15, 0.2) is 24.3 Å². The van der Waals surface area contributed by atoms with Crippen LogP contribution in [0.4, 0.5) is 16.2 Å². The number of anilines is 1. The van der Waals surface area contributed by atoms with E-state index in [-0.39, 0.29) is 12.2 Å². The van der Waals surface area contributed by atoms with Crippen LogP contribution in [0.2, 0.25) is 0 Å². The van der Waals surface area contributed by atoms with E-state index < -0.39 is 11.0 Å². The minimum Gasteiger partial charge on any atom is -0.327 e. The number of benzene rings is 1. The van der Waals surface area contributed by atoms with Crippen LogP contribution in [0.25, 0.3) is 0 Å². The molecule has 6 heteroatoms. The van der Waals surface area contributed by atoms with Gasteiger partial charge >= 0.3 is 6.03 Å². The topological polar surface area (TPSA) is 84.3 Å². The van der Waals surface area contributed by atoms with Crippen molar-refractivity contribution in [3.8, 4) is 12.3 Å². The van der Waals surface area contributed by atoms with Crippen LogP contribution in [0, 0.1) is 22.5 Å². The quantitative estimate of drug-likeness (QED) is 0.457. The van der Waals surface area contributed by atoms with Crippen LogP contribution in [-0.2, 0) is 0 Å². The molecule has 0 radical (unpaired) electrons. The molecule has 0 unspecified atom stereocenters. The second-order valence-electron chi connectivity index (χ2n) is 2.82. The van der Waals surface area contributed by atoms with Crippen LogP contribution in [0.3, 0.4) is 0 Å². The standard InChI is InChI=1S/C10H9N3O3/c1-2-7-11-10(14)12-8-3-5-9(6-4-8)13(15)16/h1,3-6H,7H2,(H2,11,12,14). The lowest BCUT2D eigenvalue weighted by molar-refractivity contribution is -0.384. The van der Waals surface area contributed by atoms with Gasteiger partial charge in [-0.1, -0.05) is 5.92 Å². The largest absolute Gasteiger partial charge is 0.327 e. The van der Waals surface area contributed by atoms with Crippen molar-refractivity contribution in [1.82, 2.24) is 5.32 Å². The number of carbonyl (C=O) groups excluding carboxylic acids is 1. The number of non-ortho nitro benzene ring substituents is 1. The molecule has 0 saturated heterocycles. The zero-order valence-corrected chi connectivity index (χ0v) is 8.27. The Kier molecular flexibility index (Phi) is 3.86. The van der Waals surface area contributed by atoms with E-state index in [1.807, 2.05) is 0 Å². The number of rotatable bonds is 3. The number of nitro groups is 1. The highest BCUT2D eigenvalue weighted by molar-refractivity contribution is 5.89. The van der Waals surface area contributed by atoms with Gasteiger partial charge in [-0.05, 0) is 12.1 Å². The zero-order valence-electron chi connectivity index (χ0n) is 8.27. The van der Waals surface area contributed by atoms with E-state index in [9.17, 15) is 14.9 Å². The average molecular weight is 219 g/mol. The molecular formula is C10H9N3O3. The van der Waals surface area contributed by atoms with Crippen molar-refractivity contribution in [3.05, 3.63) is 34.4 Å². The van der Waals surface area contributed by atoms with E-state index in [0.29, 0.717) is 5.69 Å². The van der Waals surface area contributed by atoms with Gasteiger partial charge in [-0.3, -0.25) is 10.1 Å². The molecule has 0 spiro atoms. The molecule has 0 bridgehead atoms. The van der Waals surface area contributed by atoms with Gasteiger partial charge in [-0.2, -0.15) is 0 Å². The molecule has 0 aromatic heterocycles. The lowest BCUT2D eigenvalue weighted by Crippen LogP contribution is -2.28. The number of hydrogen-bond acceptors (Lipinski definition) is 3. The Bertz CT molecular complexity index is 434. The zero-order chi connectivity index (χ0) is 12.0. The number of hydrogen-bond donors (Lipinski definition) is 2. The van der Waals surface area contributed by atoms with Gasteiger partial charge in [0.1, 0.15) is 0 Å². The van der Waals surface area contributed by atoms with Crippen molar-refractivity contribution < 1.29 is 9.72 Å². The summed E-state index contributed by atoms with van der Waals surface area (Å²) in [6, 6.07) is 5.03. The van der Waals surface area contributed by atoms with Crippen LogP contribution < -0.4 is 10.6 Å². The Balaban J connectivity index is 2.59. The summed E-state index contributed by atoms with van der Waals surface area (Å²) in [5.41, 5.74) is 0.426. The Morgan fingerprint density at radius 2 is 2.06 bits per heavy atom. The van der Waals surface area contributed by atoms with Gasteiger partial charge in [0.05, 0.1) is 11.5 Å². The second-order valence-corrected chi connectivity index (χ2v) is 2.82. The number of urea groups is 1. The molecule has 0 heterocycles. The number of terminal acetylenes is 1. The lowest BCUT2D eigenvalue weighted by Gasteiger charge is -2.04. The lowest BCUT2D eigenvalue weighted by atomic mass is 10.3. The summed E-state index contributed by atoms with van der Waals surface area (Å²) in [7, 11) is 0. The molecule has 0 aliphatic carbocycles. The Morgan fingerprint density at radius 3 is 2.56 bits per heavy atom. The third kappa shape index (κ3) is 3.31. The van der Waals surface area contributed by atoms with E-state index in [1.165, 1.54) is 24.3 Å². The molecule has 0 atom stereocenters. The first-order valence-electron chi connectivity index (χ1n) is 4.36. The van der Waals surface area contributed by atoms with Crippen LogP contribution in [-0.4, -0.2) is 17.5 Å². The summed E-state index contributed by atoms with van der Waals surface area (Å²) >= 11 is 0. The fraction of sp³-hybridized carbons (Fsp3) is 0.100. The molecule has 1 aromatic carbocycles. The third-order valence-electron chi connectivity index (χ3n) is 1.69. The van der Waals surface area contributed by atoms with Gasteiger partial charge in [-0.25, -0.2) is 4.79 Å². The SMILES string of the molecule is C#CCNC(=O)Nc1ccc([N+](=O)[O-])cc1. The number of nitro benzene ring substituents is 1. The maximum Gasteiger partial charge on any atom is 0.319 e. The third-order valence-corrected chi connectivity index (χ3v) is 1.69. The number of nitrogens with zero attached hydrogens (tertiary/aromatic N) is 1. The number of carbonyl (C=O) groups is 1. The fourth-order valence-electron chi connectivity index (χ4n) is 0.973. The highest BCUT2D eigenvalue weighted by Crippen LogP contribution is 2.14. The maximum absolute atomic E-state index is 11.1. The van der Waals surface area contributed by atoms with Gasteiger partial charge < -0.3 is 10.6 Å². The molecule has 82 valence electrons. The molecule has 16 heavy (non-hydrogen) atoms. The normalized spacial score (nSPS) is 8.94. The number of nitrogens with one attached hydrogen (secondary N) is 2. The van der Waals surface area contributed by atoms with Gasteiger partial charge in [0.25, 0.3) is 5.69 Å². The average Bonchev–Trinajstić information content (AvgIpc) is 2.27. The predicted molar refractivity (Wildman–Crippen MR) is 59.0 cm³/mol. The van der Waals surface area contributed by atoms with Crippen LogP contribution in [0.1, 0.15) is 0 Å². The Labute approximate surface area is 91.8 Å². The first-order chi connectivity index (χ1) is 7.63. The van der Waals surface area contributed by atoms with E-state index in [2.05, 4.69) is 16.6 Å². The van der Waals surface area contributed by atoms with Gasteiger partial charge in [0.2, 0.25) is 0 Å². The van der Waals surface area contributed by atoms with Crippen molar-refractivity contribution in [3.63, 3.8) is 0 Å². The van der Waals surface area contributed by atoms with Gasteiger partial charge in [-0.15, -0.1) is 6.42 Å². The maximum atomic E-state index is 11.1. The summed E-state index contributed by atoms with van der Waals surface area (Å²) in [4.78, 5) is 21.0. The van der Waals surface area contributed by atoms with Crippen LogP contribution in [0.5, 0.6) is 0 Å². The van der Waals surface area contributed by atoms with Gasteiger partial charge in [0, 0.05) is 17.8 Å². The minimum atomic E-state index is -0.512. The summed E-state index contributed by atoms with van der Waals surface area (Å²) in [6.07, 6.45) is 4.96. The van der Waals surface area contributed by atoms with E-state index in [1.54, 1.807) is 0 Å². The molecule has 6 nitrogen and oxygen atoms in total. The highest BCUT2D eigenvalue weighted by atomic mass is 16.6. The van der Waals surface area contributed by atoms with Crippen molar-refractivity contribution in [1.29, 1.82) is 0 Å². The molecular weight excluding hydrogens is 210 g/mol. The molecule has 0 saturated carbocycles. The molecule has 2 amide bonds. The predicted octanol–water partition coefficient (Wildman–Crippen LogP) is 1.35. The summed E-state index contributed by atoms with van der Waals surface area (Å²) < 4.78 is 0. The van der Waals surface area contributed by atoms with Crippen molar-refractivity contribution in [2.24, 2.45) is 0 Å². The van der Waals surface area contributed by atoms with E-state index >= 15 is 0 Å². The van der Waals surface area contributed by atoms with Gasteiger partial charge in [0.15, 0.2) is 0 Å². The first-order valence-corrected chi connectivity index (χ1v) is 4.36. The van der Waals surface area contributed by atoms with E-state index in [4.69, 9.17) is 6.42 Å². The highest BCUT2D eigenvalue weighted by Gasteiger charge is 2.05. The molecule has 2 N–H and O–H groups in total. The fourth-order valence-corrected chi connectivity index (χ4v) is 0.973. The Hall–Kier alpha value is -2.55. The molecule has 1 aromatic rings. The minimum absolute atomic E-state index is 0.0328. The monoisotopic (exact) mass is 219 g/mol. The smallest absolute Gasteiger partial charge is 0.319 e. The molecule has 0 fully saturated rings. The number of amides is 2. The summed E-state index contributed by atoms with van der Waals surface area (Å²) in [6.45, 7) is 0.124. The van der Waals surface area contributed by atoms with Crippen molar-refractivity contribution in [2.75, 3.05) is 11.9 Å². The van der Waals surface area contributed by atoms with E-state index in [0.717, 1.165) is 0 Å². The molecule has 0 aliphatic heterocycles. The second kappa shape index (κ2) is 5.36. The molecule has 1 rings (SSSR count). The van der Waals surface area contributed by atoms with Crippen molar-refractivity contribution in [2.45, 2.75) is 0 Å². The van der Waals surface area contributed by atoms with Crippen LogP contribution >= 0.6 is 0 Å².